The van der Waals surface area contributed by atoms with E-state index in [-0.39, 0.29) is 16.9 Å². The summed E-state index contributed by atoms with van der Waals surface area (Å²) in [7, 11) is 1.56. The third-order valence-electron chi connectivity index (χ3n) is 6.83. The van der Waals surface area contributed by atoms with E-state index in [9.17, 15) is 14.4 Å². The number of nitrogens with one attached hydrogen (secondary N) is 3. The minimum atomic E-state index is -0.492. The molecule has 7 nitrogen and oxygen atoms in total. The number of rotatable bonds is 11. The topological polar surface area (TPSA) is 96.5 Å². The minimum Gasteiger partial charge on any atom is -0.497 e. The van der Waals surface area contributed by atoms with Crippen molar-refractivity contribution in [3.8, 4) is 5.75 Å². The summed E-state index contributed by atoms with van der Waals surface area (Å²) < 4.78 is 5.31. The number of benzene rings is 4. The van der Waals surface area contributed by atoms with Crippen LogP contribution in [0.15, 0.2) is 108 Å². The molecule has 0 radical (unpaired) electrons. The molecule has 0 heterocycles. The van der Waals surface area contributed by atoms with Crippen LogP contribution >= 0.6 is 11.8 Å². The van der Waals surface area contributed by atoms with Gasteiger partial charge in [0.2, 0.25) is 5.91 Å². The number of amides is 3. The molecule has 220 valence electrons. The standard InChI is InChI=1S/C35H35N3O4S/c1-5-32(35(41)37-30-19-9-12-23(2)24(30)3)43-29-18-11-16-27(22-29)36-34(40)31(21-25-13-10-17-28(20-25)42-4)38-33(39)26-14-7-6-8-15-26/h6-22,32H,5H2,1-4H3,(H,36,40)(H,37,41)(H,38,39)/b31-21-. The van der Waals surface area contributed by atoms with Crippen molar-refractivity contribution in [3.63, 3.8) is 0 Å². The van der Waals surface area contributed by atoms with E-state index in [1.807, 2.05) is 69.3 Å². The molecule has 0 spiro atoms. The highest BCUT2D eigenvalue weighted by atomic mass is 32.2. The number of anilines is 2. The van der Waals surface area contributed by atoms with E-state index in [0.29, 0.717) is 29.0 Å². The lowest BCUT2D eigenvalue weighted by atomic mass is 10.1. The molecule has 1 unspecified atom stereocenters. The molecular weight excluding hydrogens is 558 g/mol. The molecule has 4 aromatic rings. The third-order valence-corrected chi connectivity index (χ3v) is 8.19. The Labute approximate surface area is 256 Å². The van der Waals surface area contributed by atoms with Crippen LogP contribution in [0.1, 0.15) is 40.4 Å². The number of methoxy groups -OCH3 is 1. The quantitative estimate of drug-likeness (QED) is 0.126. The summed E-state index contributed by atoms with van der Waals surface area (Å²) in [6.07, 6.45) is 2.22. The first-order valence-corrected chi connectivity index (χ1v) is 14.8. The van der Waals surface area contributed by atoms with E-state index in [1.165, 1.54) is 11.8 Å². The van der Waals surface area contributed by atoms with Crippen LogP contribution in [-0.2, 0) is 9.59 Å². The molecule has 1 atom stereocenters. The van der Waals surface area contributed by atoms with Crippen molar-refractivity contribution in [1.82, 2.24) is 5.32 Å². The molecule has 43 heavy (non-hydrogen) atoms. The van der Waals surface area contributed by atoms with Crippen LogP contribution in [0.2, 0.25) is 0 Å². The Morgan fingerprint density at radius 2 is 1.60 bits per heavy atom. The summed E-state index contributed by atoms with van der Waals surface area (Å²) in [5.41, 5.74) is 4.67. The molecule has 0 aliphatic heterocycles. The Balaban J connectivity index is 1.52. The van der Waals surface area contributed by atoms with Crippen LogP contribution in [0.3, 0.4) is 0 Å². The fourth-order valence-electron chi connectivity index (χ4n) is 4.27. The highest BCUT2D eigenvalue weighted by Gasteiger charge is 2.20. The number of thioether (sulfide) groups is 1. The van der Waals surface area contributed by atoms with Crippen molar-refractivity contribution in [2.45, 2.75) is 37.3 Å². The molecule has 4 rings (SSSR count). The predicted octanol–water partition coefficient (Wildman–Crippen LogP) is 7.23. The molecule has 0 saturated carbocycles. The molecule has 0 aliphatic rings. The average Bonchev–Trinajstić information content (AvgIpc) is 3.02. The van der Waals surface area contributed by atoms with E-state index in [1.54, 1.807) is 61.7 Å². The lowest BCUT2D eigenvalue weighted by molar-refractivity contribution is -0.116. The van der Waals surface area contributed by atoms with E-state index in [0.717, 1.165) is 21.7 Å². The highest BCUT2D eigenvalue weighted by Crippen LogP contribution is 2.29. The molecular formula is C35H35N3O4S. The second-order valence-corrected chi connectivity index (χ2v) is 11.2. The monoisotopic (exact) mass is 593 g/mol. The van der Waals surface area contributed by atoms with Crippen molar-refractivity contribution in [2.24, 2.45) is 0 Å². The van der Waals surface area contributed by atoms with Gasteiger partial charge in [0.05, 0.1) is 12.4 Å². The first kappa shape index (κ1) is 31.1. The molecule has 0 aliphatic carbocycles. The van der Waals surface area contributed by atoms with Gasteiger partial charge < -0.3 is 20.7 Å². The maximum absolute atomic E-state index is 13.5. The maximum atomic E-state index is 13.5. The first-order chi connectivity index (χ1) is 20.8. The van der Waals surface area contributed by atoms with E-state index in [2.05, 4.69) is 16.0 Å². The van der Waals surface area contributed by atoms with Crippen molar-refractivity contribution in [2.75, 3.05) is 17.7 Å². The van der Waals surface area contributed by atoms with Gasteiger partial charge in [-0.15, -0.1) is 11.8 Å². The van der Waals surface area contributed by atoms with E-state index < -0.39 is 11.8 Å². The van der Waals surface area contributed by atoms with Gasteiger partial charge in [0, 0.05) is 21.8 Å². The van der Waals surface area contributed by atoms with Crippen LogP contribution < -0.4 is 20.7 Å². The second-order valence-electron chi connectivity index (χ2n) is 9.89. The third kappa shape index (κ3) is 8.59. The SMILES string of the molecule is CCC(Sc1cccc(NC(=O)/C(=C/c2cccc(OC)c2)NC(=O)c2ccccc2)c1)C(=O)Nc1cccc(C)c1C. The Hall–Kier alpha value is -4.82. The summed E-state index contributed by atoms with van der Waals surface area (Å²) in [6.45, 7) is 5.97. The van der Waals surface area contributed by atoms with Gasteiger partial charge in [-0.25, -0.2) is 0 Å². The normalized spacial score (nSPS) is 11.8. The zero-order chi connectivity index (χ0) is 30.8. The van der Waals surface area contributed by atoms with Crippen LogP contribution in [0.4, 0.5) is 11.4 Å². The van der Waals surface area contributed by atoms with Gasteiger partial charge in [-0.3, -0.25) is 14.4 Å². The highest BCUT2D eigenvalue weighted by molar-refractivity contribution is 8.00. The number of hydrogen-bond acceptors (Lipinski definition) is 5. The summed E-state index contributed by atoms with van der Waals surface area (Å²) in [4.78, 5) is 40.4. The number of carbonyl (C=O) groups excluding carboxylic acids is 3. The van der Waals surface area contributed by atoms with Crippen molar-refractivity contribution >= 4 is 46.9 Å². The number of hydrogen-bond donors (Lipinski definition) is 3. The molecule has 8 heteroatoms. The minimum absolute atomic E-state index is 0.0690. The number of aryl methyl sites for hydroxylation is 1. The van der Waals surface area contributed by atoms with Gasteiger partial charge in [0.1, 0.15) is 11.4 Å². The maximum Gasteiger partial charge on any atom is 0.272 e. The fourth-order valence-corrected chi connectivity index (χ4v) is 5.29. The first-order valence-electron chi connectivity index (χ1n) is 13.9. The zero-order valence-corrected chi connectivity index (χ0v) is 25.5. The fraction of sp³-hybridized carbons (Fsp3) is 0.171. The Bertz CT molecular complexity index is 1640. The molecule has 0 saturated heterocycles. The largest absolute Gasteiger partial charge is 0.497 e. The Morgan fingerprint density at radius 1 is 0.860 bits per heavy atom. The summed E-state index contributed by atoms with van der Waals surface area (Å²) in [6, 6.07) is 29.0. The van der Waals surface area contributed by atoms with Crippen molar-refractivity contribution in [3.05, 3.63) is 125 Å². The van der Waals surface area contributed by atoms with Gasteiger partial charge >= 0.3 is 0 Å². The summed E-state index contributed by atoms with van der Waals surface area (Å²) >= 11 is 1.43. The molecule has 4 aromatic carbocycles. The lowest BCUT2D eigenvalue weighted by Gasteiger charge is -2.17. The second kappa shape index (κ2) is 14.9. The van der Waals surface area contributed by atoms with E-state index in [4.69, 9.17) is 4.74 Å². The Morgan fingerprint density at radius 3 is 2.35 bits per heavy atom. The van der Waals surface area contributed by atoms with Crippen LogP contribution in [0, 0.1) is 13.8 Å². The van der Waals surface area contributed by atoms with Crippen LogP contribution in [0.5, 0.6) is 5.75 Å². The van der Waals surface area contributed by atoms with Crippen molar-refractivity contribution in [1.29, 1.82) is 0 Å². The Kier molecular flexibility index (Phi) is 10.8. The van der Waals surface area contributed by atoms with Gasteiger partial charge in [0.15, 0.2) is 0 Å². The van der Waals surface area contributed by atoms with Crippen LogP contribution in [0.25, 0.3) is 6.08 Å². The smallest absolute Gasteiger partial charge is 0.272 e. The molecule has 0 aromatic heterocycles. The van der Waals surface area contributed by atoms with Gasteiger partial charge in [-0.05, 0) is 91.6 Å². The van der Waals surface area contributed by atoms with E-state index >= 15 is 0 Å². The zero-order valence-electron chi connectivity index (χ0n) is 24.6. The molecule has 3 N–H and O–H groups in total. The van der Waals surface area contributed by atoms with Crippen LogP contribution in [-0.4, -0.2) is 30.1 Å². The lowest BCUT2D eigenvalue weighted by Crippen LogP contribution is -2.30. The van der Waals surface area contributed by atoms with Gasteiger partial charge in [-0.1, -0.05) is 55.5 Å². The van der Waals surface area contributed by atoms with Crippen molar-refractivity contribution < 1.29 is 19.1 Å². The van der Waals surface area contributed by atoms with Gasteiger partial charge in [-0.2, -0.15) is 0 Å². The molecule has 0 bridgehead atoms. The molecule has 0 fully saturated rings. The number of carbonyl (C=O) groups is 3. The summed E-state index contributed by atoms with van der Waals surface area (Å²) in [5, 5.41) is 8.38. The number of ether oxygens (including phenoxy) is 1. The summed E-state index contributed by atoms with van der Waals surface area (Å²) in [5.74, 6) is -0.355. The average molecular weight is 594 g/mol. The van der Waals surface area contributed by atoms with Gasteiger partial charge in [0.25, 0.3) is 11.8 Å². The molecule has 3 amide bonds. The predicted molar refractivity (Wildman–Crippen MR) is 174 cm³/mol.